The molecule has 3 aromatic carbocycles. The maximum Gasteiger partial charge on any atom is 0.266 e. The number of nitrogens with zero attached hydrogens (tertiary/aromatic N) is 1. The minimum Gasteiger partial charge on any atom is -0.268 e. The third-order valence-corrected chi connectivity index (χ3v) is 5.96. The molecule has 4 rings (SSSR count). The Labute approximate surface area is 184 Å². The molecule has 1 heterocycles. The molecular formula is C28H29NO2. The molecule has 3 nitrogen and oxygen atoms in total. The first-order valence-electron chi connectivity index (χ1n) is 10.7. The van der Waals surface area contributed by atoms with Crippen molar-refractivity contribution in [3.63, 3.8) is 0 Å². The zero-order chi connectivity index (χ0) is 22.6. The van der Waals surface area contributed by atoms with Crippen LogP contribution < -0.4 is 4.90 Å². The van der Waals surface area contributed by atoms with Gasteiger partial charge in [-0.05, 0) is 45.7 Å². The molecule has 0 bridgehead atoms. The third-order valence-electron chi connectivity index (χ3n) is 5.96. The number of hydrogen-bond donors (Lipinski definition) is 0. The Morgan fingerprint density at radius 2 is 1.06 bits per heavy atom. The average molecular weight is 412 g/mol. The van der Waals surface area contributed by atoms with Gasteiger partial charge in [0.1, 0.15) is 0 Å². The van der Waals surface area contributed by atoms with Gasteiger partial charge in [0.15, 0.2) is 0 Å². The van der Waals surface area contributed by atoms with Crippen molar-refractivity contribution in [3.05, 3.63) is 89.0 Å². The maximum absolute atomic E-state index is 13.2. The van der Waals surface area contributed by atoms with Crippen molar-refractivity contribution in [2.45, 2.75) is 52.4 Å². The molecule has 0 aromatic heterocycles. The smallest absolute Gasteiger partial charge is 0.266 e. The molecule has 31 heavy (non-hydrogen) atoms. The zero-order valence-electron chi connectivity index (χ0n) is 19.1. The second kappa shape index (κ2) is 7.19. The van der Waals surface area contributed by atoms with Crippen LogP contribution in [-0.4, -0.2) is 11.8 Å². The van der Waals surface area contributed by atoms with Crippen LogP contribution in [0.15, 0.2) is 66.7 Å². The second-order valence-corrected chi connectivity index (χ2v) is 10.3. The van der Waals surface area contributed by atoms with E-state index < -0.39 is 0 Å². The molecule has 0 radical (unpaired) electrons. The minimum atomic E-state index is -0.265. The first kappa shape index (κ1) is 21.0. The monoisotopic (exact) mass is 411 g/mol. The van der Waals surface area contributed by atoms with E-state index in [1.807, 2.05) is 12.1 Å². The van der Waals surface area contributed by atoms with Crippen LogP contribution in [0, 0.1) is 0 Å². The molecular weight excluding hydrogens is 382 g/mol. The van der Waals surface area contributed by atoms with Crippen molar-refractivity contribution in [2.24, 2.45) is 0 Å². The highest BCUT2D eigenvalue weighted by Gasteiger charge is 2.38. The molecule has 3 heteroatoms. The van der Waals surface area contributed by atoms with Gasteiger partial charge in [0, 0.05) is 5.56 Å². The fourth-order valence-corrected chi connectivity index (χ4v) is 3.99. The summed E-state index contributed by atoms with van der Waals surface area (Å²) in [6.45, 7) is 12.9. The number of carbonyl (C=O) groups is 2. The maximum atomic E-state index is 13.2. The number of carbonyl (C=O) groups excluding carboxylic acids is 2. The number of amides is 2. The Bertz CT molecular complexity index is 1140. The number of rotatable bonds is 2. The minimum absolute atomic E-state index is 0.0555. The Balaban J connectivity index is 1.89. The van der Waals surface area contributed by atoms with Crippen LogP contribution in [0.4, 0.5) is 5.69 Å². The molecule has 0 N–H and O–H groups in total. The number of hydrogen-bond acceptors (Lipinski definition) is 2. The first-order chi connectivity index (χ1) is 14.5. The quantitative estimate of drug-likeness (QED) is 0.437. The van der Waals surface area contributed by atoms with Crippen LogP contribution in [-0.2, 0) is 10.8 Å². The van der Waals surface area contributed by atoms with E-state index in [0.717, 1.165) is 16.7 Å². The standard InChI is InChI=1S/C28H29NO2/c1-27(2,3)19-13-11-18(12-14-19)21-16-15-20(28(4,5)6)17-24(21)29-25(30)22-9-7-8-10-23(22)26(29)31/h7-17H,1-6H3. The van der Waals surface area contributed by atoms with Crippen LogP contribution in [0.5, 0.6) is 0 Å². The summed E-state index contributed by atoms with van der Waals surface area (Å²) in [7, 11) is 0. The lowest BCUT2D eigenvalue weighted by molar-refractivity contribution is 0.0926. The molecule has 158 valence electrons. The van der Waals surface area contributed by atoms with Crippen LogP contribution in [0.3, 0.4) is 0 Å². The molecule has 0 atom stereocenters. The SMILES string of the molecule is CC(C)(C)c1ccc(-c2ccc(C(C)(C)C)cc2N2C(=O)c3ccccc3C2=O)cc1. The predicted octanol–water partition coefficient (Wildman–Crippen LogP) is 6.75. The fourth-order valence-electron chi connectivity index (χ4n) is 3.99. The Morgan fingerprint density at radius 3 is 1.55 bits per heavy atom. The molecule has 3 aromatic rings. The normalized spacial score (nSPS) is 14.2. The van der Waals surface area contributed by atoms with Crippen LogP contribution in [0.2, 0.25) is 0 Å². The first-order valence-corrected chi connectivity index (χ1v) is 10.7. The largest absolute Gasteiger partial charge is 0.268 e. The van der Waals surface area contributed by atoms with Crippen LogP contribution in [0.25, 0.3) is 11.1 Å². The van der Waals surface area contributed by atoms with Crippen molar-refractivity contribution in [2.75, 3.05) is 4.90 Å². The molecule has 1 aliphatic rings. The van der Waals surface area contributed by atoms with Gasteiger partial charge in [-0.1, -0.05) is 90.1 Å². The van der Waals surface area contributed by atoms with E-state index in [2.05, 4.69) is 71.9 Å². The van der Waals surface area contributed by atoms with Gasteiger partial charge >= 0.3 is 0 Å². The summed E-state index contributed by atoms with van der Waals surface area (Å²) >= 11 is 0. The summed E-state index contributed by atoms with van der Waals surface area (Å²) in [5.41, 5.74) is 5.69. The molecule has 1 aliphatic heterocycles. The van der Waals surface area contributed by atoms with Gasteiger partial charge in [-0.3, -0.25) is 9.59 Å². The van der Waals surface area contributed by atoms with E-state index in [1.165, 1.54) is 10.5 Å². The van der Waals surface area contributed by atoms with Gasteiger partial charge in [-0.2, -0.15) is 0 Å². The lowest BCUT2D eigenvalue weighted by atomic mass is 9.84. The Hall–Kier alpha value is -3.20. The van der Waals surface area contributed by atoms with E-state index in [1.54, 1.807) is 24.3 Å². The van der Waals surface area contributed by atoms with Crippen LogP contribution >= 0.6 is 0 Å². The fraction of sp³-hybridized carbons (Fsp3) is 0.286. The molecule has 0 saturated heterocycles. The number of fused-ring (bicyclic) bond motifs is 1. The highest BCUT2D eigenvalue weighted by molar-refractivity contribution is 6.35. The van der Waals surface area contributed by atoms with E-state index >= 15 is 0 Å². The van der Waals surface area contributed by atoms with Gasteiger partial charge in [-0.25, -0.2) is 4.90 Å². The molecule has 2 amide bonds. The topological polar surface area (TPSA) is 37.4 Å². The number of anilines is 1. The summed E-state index contributed by atoms with van der Waals surface area (Å²) in [6, 6.07) is 21.6. The molecule has 0 unspecified atom stereocenters. The van der Waals surface area contributed by atoms with Crippen molar-refractivity contribution in [1.82, 2.24) is 0 Å². The highest BCUT2D eigenvalue weighted by atomic mass is 16.2. The van der Waals surface area contributed by atoms with Gasteiger partial charge < -0.3 is 0 Å². The van der Waals surface area contributed by atoms with Crippen molar-refractivity contribution in [3.8, 4) is 11.1 Å². The van der Waals surface area contributed by atoms with Gasteiger partial charge in [-0.15, -0.1) is 0 Å². The van der Waals surface area contributed by atoms with Crippen molar-refractivity contribution >= 4 is 17.5 Å². The zero-order valence-corrected chi connectivity index (χ0v) is 19.1. The van der Waals surface area contributed by atoms with E-state index in [4.69, 9.17) is 0 Å². The van der Waals surface area contributed by atoms with Crippen molar-refractivity contribution < 1.29 is 9.59 Å². The predicted molar refractivity (Wildman–Crippen MR) is 127 cm³/mol. The average Bonchev–Trinajstić information content (AvgIpc) is 2.97. The summed E-state index contributed by atoms with van der Waals surface area (Å²) in [4.78, 5) is 27.8. The van der Waals surface area contributed by atoms with Crippen molar-refractivity contribution in [1.29, 1.82) is 0 Å². The van der Waals surface area contributed by atoms with Gasteiger partial charge in [0.2, 0.25) is 0 Å². The molecule has 0 saturated carbocycles. The summed E-state index contributed by atoms with van der Waals surface area (Å²) in [6.07, 6.45) is 0. The molecule has 0 aliphatic carbocycles. The van der Waals surface area contributed by atoms with Gasteiger partial charge in [0.25, 0.3) is 11.8 Å². The van der Waals surface area contributed by atoms with E-state index in [-0.39, 0.29) is 22.6 Å². The highest BCUT2D eigenvalue weighted by Crippen LogP contribution is 2.39. The molecule has 0 fully saturated rings. The van der Waals surface area contributed by atoms with E-state index in [9.17, 15) is 9.59 Å². The number of imide groups is 1. The summed E-state index contributed by atoms with van der Waals surface area (Å²) in [5.74, 6) is -0.529. The summed E-state index contributed by atoms with van der Waals surface area (Å²) in [5, 5.41) is 0. The lowest BCUT2D eigenvalue weighted by Crippen LogP contribution is -2.30. The molecule has 0 spiro atoms. The Morgan fingerprint density at radius 1 is 0.581 bits per heavy atom. The van der Waals surface area contributed by atoms with Gasteiger partial charge in [0.05, 0.1) is 16.8 Å². The third kappa shape index (κ3) is 3.69. The number of benzene rings is 3. The summed E-state index contributed by atoms with van der Waals surface area (Å²) < 4.78 is 0. The Kier molecular flexibility index (Phi) is 4.88. The van der Waals surface area contributed by atoms with Crippen LogP contribution in [0.1, 0.15) is 73.4 Å². The lowest BCUT2D eigenvalue weighted by Gasteiger charge is -2.25. The second-order valence-electron chi connectivity index (χ2n) is 10.3. The van der Waals surface area contributed by atoms with E-state index in [0.29, 0.717) is 16.8 Å².